The van der Waals surface area contributed by atoms with Gasteiger partial charge in [0.2, 0.25) is 5.91 Å². The van der Waals surface area contributed by atoms with Gasteiger partial charge in [-0.25, -0.2) is 4.39 Å². The normalized spacial score (nSPS) is 10.5. The Morgan fingerprint density at radius 2 is 2.20 bits per heavy atom. The number of halogens is 2. The van der Waals surface area contributed by atoms with Crippen LogP contribution in [0, 0.1) is 5.82 Å². The minimum atomic E-state index is -0.343. The maximum Gasteiger partial charge on any atom is 0.224 e. The van der Waals surface area contributed by atoms with Crippen LogP contribution in [-0.2, 0) is 11.2 Å². The second-order valence-electron chi connectivity index (χ2n) is 3.65. The molecule has 0 fully saturated rings. The molecule has 0 heterocycles. The summed E-state index contributed by atoms with van der Waals surface area (Å²) < 4.78 is 13.5. The molecule has 82 valence electrons. The molecular weight excluding hydrogens is 261 g/mol. The summed E-state index contributed by atoms with van der Waals surface area (Å²) in [5.74, 6) is -0.434. The fourth-order valence-corrected chi connectivity index (χ4v) is 1.45. The molecule has 1 aromatic rings. The van der Waals surface area contributed by atoms with Crippen molar-refractivity contribution in [2.45, 2.75) is 26.3 Å². The molecular formula is C11H13BrFNO. The Kier molecular flexibility index (Phi) is 4.27. The number of hydrogen-bond donors (Lipinski definition) is 1. The van der Waals surface area contributed by atoms with E-state index < -0.39 is 0 Å². The molecule has 0 aliphatic carbocycles. The highest BCUT2D eigenvalue weighted by Gasteiger charge is 2.06. The summed E-state index contributed by atoms with van der Waals surface area (Å²) in [5.41, 5.74) is 0.675. The van der Waals surface area contributed by atoms with Gasteiger partial charge in [-0.2, -0.15) is 0 Å². The van der Waals surface area contributed by atoms with Crippen LogP contribution < -0.4 is 5.32 Å². The Labute approximate surface area is 97.0 Å². The van der Waals surface area contributed by atoms with Crippen molar-refractivity contribution >= 4 is 21.8 Å². The van der Waals surface area contributed by atoms with Gasteiger partial charge < -0.3 is 5.32 Å². The molecule has 4 heteroatoms. The molecule has 0 aromatic heterocycles. The summed E-state index contributed by atoms with van der Waals surface area (Å²) >= 11 is 3.06. The van der Waals surface area contributed by atoms with Crippen molar-refractivity contribution in [3.8, 4) is 0 Å². The van der Waals surface area contributed by atoms with Crippen molar-refractivity contribution in [1.82, 2.24) is 5.32 Å². The van der Waals surface area contributed by atoms with E-state index in [-0.39, 0.29) is 24.2 Å². The van der Waals surface area contributed by atoms with Gasteiger partial charge in [0, 0.05) is 6.04 Å². The molecule has 0 bridgehead atoms. The first-order valence-electron chi connectivity index (χ1n) is 4.72. The minimum Gasteiger partial charge on any atom is -0.354 e. The van der Waals surface area contributed by atoms with Crippen molar-refractivity contribution < 1.29 is 9.18 Å². The van der Waals surface area contributed by atoms with Crippen molar-refractivity contribution in [2.75, 3.05) is 0 Å². The monoisotopic (exact) mass is 273 g/mol. The van der Waals surface area contributed by atoms with Gasteiger partial charge in [0.05, 0.1) is 10.9 Å². The lowest BCUT2D eigenvalue weighted by Gasteiger charge is -2.08. The number of carbonyl (C=O) groups is 1. The van der Waals surface area contributed by atoms with E-state index in [9.17, 15) is 9.18 Å². The zero-order chi connectivity index (χ0) is 11.4. The van der Waals surface area contributed by atoms with Gasteiger partial charge in [-0.15, -0.1) is 0 Å². The third-order valence-corrected chi connectivity index (χ3v) is 2.44. The van der Waals surface area contributed by atoms with Gasteiger partial charge in [0.15, 0.2) is 0 Å². The van der Waals surface area contributed by atoms with E-state index in [1.165, 1.54) is 6.07 Å². The first kappa shape index (κ1) is 12.2. The van der Waals surface area contributed by atoms with E-state index in [1.54, 1.807) is 12.1 Å². The SMILES string of the molecule is CC(C)NC(=O)Cc1ccc(Br)c(F)c1. The minimum absolute atomic E-state index is 0.0910. The van der Waals surface area contributed by atoms with E-state index in [0.717, 1.165) is 0 Å². The van der Waals surface area contributed by atoms with Crippen LogP contribution in [0.4, 0.5) is 4.39 Å². The lowest BCUT2D eigenvalue weighted by atomic mass is 10.1. The van der Waals surface area contributed by atoms with Crippen LogP contribution >= 0.6 is 15.9 Å². The summed E-state index contributed by atoms with van der Waals surface area (Å²) in [7, 11) is 0. The van der Waals surface area contributed by atoms with E-state index in [1.807, 2.05) is 13.8 Å². The molecule has 1 rings (SSSR count). The topological polar surface area (TPSA) is 29.1 Å². The molecule has 1 aromatic carbocycles. The summed E-state index contributed by atoms with van der Waals surface area (Å²) in [6.45, 7) is 3.78. The molecule has 0 unspecified atom stereocenters. The van der Waals surface area contributed by atoms with Gasteiger partial charge >= 0.3 is 0 Å². The molecule has 0 atom stereocenters. The van der Waals surface area contributed by atoms with Gasteiger partial charge in [-0.1, -0.05) is 6.07 Å². The van der Waals surface area contributed by atoms with Crippen LogP contribution in [0.15, 0.2) is 22.7 Å². The smallest absolute Gasteiger partial charge is 0.224 e. The van der Waals surface area contributed by atoms with Crippen LogP contribution in [0.5, 0.6) is 0 Å². The van der Waals surface area contributed by atoms with Crippen molar-refractivity contribution in [1.29, 1.82) is 0 Å². The third-order valence-electron chi connectivity index (χ3n) is 1.80. The first-order valence-corrected chi connectivity index (χ1v) is 5.51. The van der Waals surface area contributed by atoms with E-state index in [2.05, 4.69) is 21.2 Å². The van der Waals surface area contributed by atoms with Crippen molar-refractivity contribution in [3.63, 3.8) is 0 Å². The Hall–Kier alpha value is -0.900. The average molecular weight is 274 g/mol. The zero-order valence-corrected chi connectivity index (χ0v) is 10.3. The number of rotatable bonds is 3. The molecule has 0 aliphatic heterocycles. The Balaban J connectivity index is 2.65. The fourth-order valence-electron chi connectivity index (χ4n) is 1.21. The number of hydrogen-bond acceptors (Lipinski definition) is 1. The number of benzene rings is 1. The molecule has 0 saturated carbocycles. The van der Waals surface area contributed by atoms with Crippen LogP contribution in [0.25, 0.3) is 0 Å². The maximum atomic E-state index is 13.1. The molecule has 1 amide bonds. The zero-order valence-electron chi connectivity index (χ0n) is 8.68. The highest BCUT2D eigenvalue weighted by Crippen LogP contribution is 2.16. The molecule has 0 spiro atoms. The standard InChI is InChI=1S/C11H13BrFNO/c1-7(2)14-11(15)6-8-3-4-9(12)10(13)5-8/h3-5,7H,6H2,1-2H3,(H,14,15). The summed E-state index contributed by atoms with van der Waals surface area (Å²) in [6, 6.07) is 4.81. The molecule has 1 N–H and O–H groups in total. The van der Waals surface area contributed by atoms with Gasteiger partial charge in [-0.3, -0.25) is 4.79 Å². The first-order chi connectivity index (χ1) is 6.99. The summed E-state index contributed by atoms with van der Waals surface area (Å²) in [6.07, 6.45) is 0.211. The van der Waals surface area contributed by atoms with Crippen LogP contribution in [0.1, 0.15) is 19.4 Å². The summed E-state index contributed by atoms with van der Waals surface area (Å²) in [5, 5.41) is 2.75. The lowest BCUT2D eigenvalue weighted by molar-refractivity contribution is -0.120. The molecule has 0 aliphatic rings. The third kappa shape index (κ3) is 4.00. The molecule has 0 saturated heterocycles. The van der Waals surface area contributed by atoms with Crippen molar-refractivity contribution in [3.05, 3.63) is 34.1 Å². The van der Waals surface area contributed by atoms with Crippen LogP contribution in [-0.4, -0.2) is 11.9 Å². The quantitative estimate of drug-likeness (QED) is 0.902. The Bertz CT molecular complexity index is 366. The van der Waals surface area contributed by atoms with E-state index in [4.69, 9.17) is 0 Å². The van der Waals surface area contributed by atoms with Crippen molar-refractivity contribution in [2.24, 2.45) is 0 Å². The molecule has 0 radical (unpaired) electrons. The highest BCUT2D eigenvalue weighted by atomic mass is 79.9. The van der Waals surface area contributed by atoms with Gasteiger partial charge in [-0.05, 0) is 47.5 Å². The lowest BCUT2D eigenvalue weighted by Crippen LogP contribution is -2.31. The average Bonchev–Trinajstić information content (AvgIpc) is 2.10. The van der Waals surface area contributed by atoms with E-state index >= 15 is 0 Å². The Morgan fingerprint density at radius 3 is 2.73 bits per heavy atom. The second kappa shape index (κ2) is 5.26. The van der Waals surface area contributed by atoms with Gasteiger partial charge in [0.1, 0.15) is 5.82 Å². The van der Waals surface area contributed by atoms with Crippen LogP contribution in [0.2, 0.25) is 0 Å². The number of nitrogens with one attached hydrogen (secondary N) is 1. The van der Waals surface area contributed by atoms with Crippen LogP contribution in [0.3, 0.4) is 0 Å². The molecule has 15 heavy (non-hydrogen) atoms. The van der Waals surface area contributed by atoms with E-state index in [0.29, 0.717) is 10.0 Å². The van der Waals surface area contributed by atoms with Gasteiger partial charge in [0.25, 0.3) is 0 Å². The summed E-state index contributed by atoms with van der Waals surface area (Å²) in [4.78, 5) is 11.4. The largest absolute Gasteiger partial charge is 0.354 e. The maximum absolute atomic E-state index is 13.1. The highest BCUT2D eigenvalue weighted by molar-refractivity contribution is 9.10. The number of carbonyl (C=O) groups excluding carboxylic acids is 1. The Morgan fingerprint density at radius 1 is 1.53 bits per heavy atom. The fraction of sp³-hybridized carbons (Fsp3) is 0.364. The second-order valence-corrected chi connectivity index (χ2v) is 4.50. The predicted octanol–water partition coefficient (Wildman–Crippen LogP) is 2.66. The number of amides is 1. The molecule has 2 nitrogen and oxygen atoms in total. The predicted molar refractivity (Wildman–Crippen MR) is 61.1 cm³/mol.